The van der Waals surface area contributed by atoms with Crippen molar-refractivity contribution in [1.29, 1.82) is 0 Å². The molecule has 0 heterocycles. The van der Waals surface area contributed by atoms with Gasteiger partial charge in [0.2, 0.25) is 0 Å². The molecule has 0 aliphatic heterocycles. The summed E-state index contributed by atoms with van der Waals surface area (Å²) in [7, 11) is 0. The molecule has 0 amide bonds. The quantitative estimate of drug-likeness (QED) is 0.601. The Hall–Kier alpha value is -0.900. The van der Waals surface area contributed by atoms with Crippen molar-refractivity contribution in [2.45, 2.75) is 6.42 Å². The molecule has 0 aromatic heterocycles. The van der Waals surface area contributed by atoms with Gasteiger partial charge in [-0.05, 0) is 18.2 Å². The van der Waals surface area contributed by atoms with Gasteiger partial charge in [-0.25, -0.2) is 0 Å². The number of benzene rings is 1. The predicted molar refractivity (Wildman–Crippen MR) is 55.6 cm³/mol. The standard InChI is InChI=1S/C10H10BrFO2/c11-9-2-3-10(8(6-9)7-13)14-5-1-4-12/h2-3,6-7H,1,4-5H2. The maximum atomic E-state index is 11.8. The van der Waals surface area contributed by atoms with E-state index in [1.165, 1.54) is 0 Å². The Morgan fingerprint density at radius 3 is 2.93 bits per heavy atom. The lowest BCUT2D eigenvalue weighted by atomic mass is 10.2. The summed E-state index contributed by atoms with van der Waals surface area (Å²) >= 11 is 3.24. The first kappa shape index (κ1) is 11.2. The van der Waals surface area contributed by atoms with Crippen molar-refractivity contribution >= 4 is 22.2 Å². The Balaban J connectivity index is 2.70. The molecular weight excluding hydrogens is 251 g/mol. The number of aldehydes is 1. The molecule has 0 aliphatic rings. The van der Waals surface area contributed by atoms with Crippen LogP contribution < -0.4 is 4.74 Å². The lowest BCUT2D eigenvalue weighted by molar-refractivity contribution is 0.111. The molecule has 0 bridgehead atoms. The highest BCUT2D eigenvalue weighted by molar-refractivity contribution is 9.10. The molecular formula is C10H10BrFO2. The molecule has 0 radical (unpaired) electrons. The Kier molecular flexibility index (Phi) is 4.59. The van der Waals surface area contributed by atoms with Gasteiger partial charge in [-0.1, -0.05) is 15.9 Å². The van der Waals surface area contributed by atoms with E-state index < -0.39 is 6.67 Å². The molecule has 2 nitrogen and oxygen atoms in total. The zero-order valence-corrected chi connectivity index (χ0v) is 9.09. The van der Waals surface area contributed by atoms with Crippen LogP contribution in [0.5, 0.6) is 5.75 Å². The lowest BCUT2D eigenvalue weighted by Gasteiger charge is -2.07. The fourth-order valence-corrected chi connectivity index (χ4v) is 1.36. The van der Waals surface area contributed by atoms with Gasteiger partial charge < -0.3 is 4.74 Å². The van der Waals surface area contributed by atoms with E-state index in [1.807, 2.05) is 0 Å². The Labute approximate surface area is 90.2 Å². The SMILES string of the molecule is O=Cc1cc(Br)ccc1OCCCF. The van der Waals surface area contributed by atoms with E-state index in [-0.39, 0.29) is 0 Å². The highest BCUT2D eigenvalue weighted by Gasteiger charge is 2.02. The van der Waals surface area contributed by atoms with Crippen molar-refractivity contribution in [1.82, 2.24) is 0 Å². The average Bonchev–Trinajstić information content (AvgIpc) is 2.20. The van der Waals surface area contributed by atoms with E-state index in [0.717, 1.165) is 10.8 Å². The Morgan fingerprint density at radius 2 is 2.29 bits per heavy atom. The van der Waals surface area contributed by atoms with Crippen LogP contribution in [-0.4, -0.2) is 19.6 Å². The second-order valence-corrected chi connectivity index (χ2v) is 3.61. The van der Waals surface area contributed by atoms with Crippen LogP contribution in [0.2, 0.25) is 0 Å². The van der Waals surface area contributed by atoms with E-state index in [1.54, 1.807) is 18.2 Å². The van der Waals surface area contributed by atoms with Gasteiger partial charge >= 0.3 is 0 Å². The molecule has 0 saturated heterocycles. The van der Waals surface area contributed by atoms with Crippen LogP contribution in [0.1, 0.15) is 16.8 Å². The zero-order chi connectivity index (χ0) is 10.4. The molecule has 0 fully saturated rings. The zero-order valence-electron chi connectivity index (χ0n) is 7.50. The third kappa shape index (κ3) is 3.10. The molecule has 4 heteroatoms. The van der Waals surface area contributed by atoms with Gasteiger partial charge in [-0.15, -0.1) is 0 Å². The fourth-order valence-electron chi connectivity index (χ4n) is 0.980. The van der Waals surface area contributed by atoms with Crippen LogP contribution in [0.4, 0.5) is 4.39 Å². The first-order chi connectivity index (χ1) is 6.77. The van der Waals surface area contributed by atoms with Crippen LogP contribution in [-0.2, 0) is 0 Å². The van der Waals surface area contributed by atoms with Crippen LogP contribution in [0.15, 0.2) is 22.7 Å². The van der Waals surface area contributed by atoms with Crippen LogP contribution in [0, 0.1) is 0 Å². The third-order valence-electron chi connectivity index (χ3n) is 1.63. The number of ether oxygens (including phenoxy) is 1. The molecule has 1 aromatic rings. The summed E-state index contributed by atoms with van der Waals surface area (Å²) in [5.74, 6) is 0.497. The minimum atomic E-state index is -0.410. The van der Waals surface area contributed by atoms with Crippen molar-refractivity contribution in [3.05, 3.63) is 28.2 Å². The van der Waals surface area contributed by atoms with E-state index in [2.05, 4.69) is 15.9 Å². The van der Waals surface area contributed by atoms with Crippen molar-refractivity contribution in [2.24, 2.45) is 0 Å². The van der Waals surface area contributed by atoms with Gasteiger partial charge in [0.15, 0.2) is 6.29 Å². The third-order valence-corrected chi connectivity index (χ3v) is 2.13. The highest BCUT2D eigenvalue weighted by Crippen LogP contribution is 2.21. The van der Waals surface area contributed by atoms with Gasteiger partial charge in [0.05, 0.1) is 18.8 Å². The van der Waals surface area contributed by atoms with Crippen LogP contribution in [0.3, 0.4) is 0 Å². The number of hydrogen-bond donors (Lipinski definition) is 0. The topological polar surface area (TPSA) is 26.3 Å². The highest BCUT2D eigenvalue weighted by atomic mass is 79.9. The molecule has 0 atom stereocenters. The molecule has 0 spiro atoms. The predicted octanol–water partition coefficient (Wildman–Crippen LogP) is 3.00. The summed E-state index contributed by atoms with van der Waals surface area (Å²) in [4.78, 5) is 10.6. The van der Waals surface area contributed by atoms with E-state index in [4.69, 9.17) is 4.74 Å². The van der Waals surface area contributed by atoms with E-state index in [0.29, 0.717) is 24.3 Å². The summed E-state index contributed by atoms with van der Waals surface area (Å²) in [6.07, 6.45) is 1.06. The number of rotatable bonds is 5. The number of alkyl halides is 1. The van der Waals surface area contributed by atoms with Gasteiger partial charge in [-0.3, -0.25) is 9.18 Å². The van der Waals surface area contributed by atoms with Crippen LogP contribution in [0.25, 0.3) is 0 Å². The van der Waals surface area contributed by atoms with Crippen molar-refractivity contribution in [3.63, 3.8) is 0 Å². The number of halogens is 2. The Morgan fingerprint density at radius 1 is 1.50 bits per heavy atom. The summed E-state index contributed by atoms with van der Waals surface area (Å²) in [6, 6.07) is 5.13. The monoisotopic (exact) mass is 260 g/mol. The minimum absolute atomic E-state index is 0.291. The molecule has 14 heavy (non-hydrogen) atoms. The maximum absolute atomic E-state index is 11.8. The largest absolute Gasteiger partial charge is 0.493 e. The average molecular weight is 261 g/mol. The fraction of sp³-hybridized carbons (Fsp3) is 0.300. The number of carbonyl (C=O) groups is 1. The molecule has 0 N–H and O–H groups in total. The molecule has 0 saturated carbocycles. The molecule has 1 rings (SSSR count). The van der Waals surface area contributed by atoms with Gasteiger partial charge in [0.25, 0.3) is 0 Å². The Bertz CT molecular complexity index is 315. The summed E-state index contributed by atoms with van der Waals surface area (Å²) in [5, 5.41) is 0. The lowest BCUT2D eigenvalue weighted by Crippen LogP contribution is -2.00. The van der Waals surface area contributed by atoms with Crippen molar-refractivity contribution in [2.75, 3.05) is 13.3 Å². The van der Waals surface area contributed by atoms with Gasteiger partial charge in [-0.2, -0.15) is 0 Å². The minimum Gasteiger partial charge on any atom is -0.493 e. The van der Waals surface area contributed by atoms with Crippen molar-refractivity contribution in [3.8, 4) is 5.75 Å². The number of carbonyl (C=O) groups excluding carboxylic acids is 1. The summed E-state index contributed by atoms with van der Waals surface area (Å²) < 4.78 is 17.8. The second kappa shape index (κ2) is 5.75. The van der Waals surface area contributed by atoms with Gasteiger partial charge in [0, 0.05) is 10.9 Å². The van der Waals surface area contributed by atoms with Crippen LogP contribution >= 0.6 is 15.9 Å². The first-order valence-electron chi connectivity index (χ1n) is 4.21. The number of hydrogen-bond acceptors (Lipinski definition) is 2. The smallest absolute Gasteiger partial charge is 0.153 e. The van der Waals surface area contributed by atoms with Gasteiger partial charge in [0.1, 0.15) is 5.75 Å². The molecule has 0 unspecified atom stereocenters. The normalized spacial score (nSPS) is 9.86. The molecule has 1 aromatic carbocycles. The first-order valence-corrected chi connectivity index (χ1v) is 5.00. The summed E-state index contributed by atoms with van der Waals surface area (Å²) in [6.45, 7) is -0.119. The summed E-state index contributed by atoms with van der Waals surface area (Å²) in [5.41, 5.74) is 0.471. The molecule has 0 aliphatic carbocycles. The molecule has 76 valence electrons. The second-order valence-electron chi connectivity index (χ2n) is 2.69. The maximum Gasteiger partial charge on any atom is 0.153 e. The van der Waals surface area contributed by atoms with E-state index in [9.17, 15) is 9.18 Å². The van der Waals surface area contributed by atoms with E-state index >= 15 is 0 Å². The van der Waals surface area contributed by atoms with Crippen molar-refractivity contribution < 1.29 is 13.9 Å².